The summed E-state index contributed by atoms with van der Waals surface area (Å²) in [5.41, 5.74) is 0.832. The quantitative estimate of drug-likeness (QED) is 0.711. The van der Waals surface area contributed by atoms with E-state index in [0.29, 0.717) is 18.3 Å². The second kappa shape index (κ2) is 6.81. The maximum absolute atomic E-state index is 12.4. The second-order valence-corrected chi connectivity index (χ2v) is 7.61. The minimum atomic E-state index is -3.18. The number of aromatic nitrogens is 1. The number of nitrogens with zero attached hydrogens (tertiary/aromatic N) is 2. The highest BCUT2D eigenvalue weighted by Crippen LogP contribution is 2.27. The van der Waals surface area contributed by atoms with Gasteiger partial charge in [0.2, 0.25) is 10.0 Å². The number of hydrogen-bond donors (Lipinski definition) is 0. The molecule has 1 aromatic rings. The maximum atomic E-state index is 12.4. The van der Waals surface area contributed by atoms with Crippen molar-refractivity contribution < 1.29 is 8.42 Å². The summed E-state index contributed by atoms with van der Waals surface area (Å²) in [6.45, 7) is 0.565. The lowest BCUT2D eigenvalue weighted by molar-refractivity contribution is 0.228. The van der Waals surface area contributed by atoms with Crippen molar-refractivity contribution in [3.63, 3.8) is 0 Å². The molecule has 1 saturated carbocycles. The Labute approximate surface area is 123 Å². The van der Waals surface area contributed by atoms with E-state index in [1.807, 2.05) is 18.2 Å². The van der Waals surface area contributed by atoms with Crippen LogP contribution in [0.25, 0.3) is 0 Å². The van der Waals surface area contributed by atoms with Crippen molar-refractivity contribution in [1.29, 1.82) is 0 Å². The molecule has 0 spiro atoms. The molecule has 0 N–H and O–H groups in total. The topological polar surface area (TPSA) is 50.3 Å². The molecule has 0 amide bonds. The third kappa shape index (κ3) is 4.00. The highest BCUT2D eigenvalue weighted by molar-refractivity contribution is 9.09. The number of alkyl halides is 1. The molecule has 0 bridgehead atoms. The Bertz CT molecular complexity index is 489. The van der Waals surface area contributed by atoms with E-state index >= 15 is 0 Å². The first kappa shape index (κ1) is 14.9. The van der Waals surface area contributed by atoms with Gasteiger partial charge in [0.25, 0.3) is 0 Å². The molecule has 19 heavy (non-hydrogen) atoms. The summed E-state index contributed by atoms with van der Waals surface area (Å²) in [7, 11) is -3.18. The molecule has 0 unspecified atom stereocenters. The van der Waals surface area contributed by atoms with E-state index in [0.717, 1.165) is 25.0 Å². The maximum Gasteiger partial charge on any atom is 0.214 e. The Morgan fingerprint density at radius 2 is 2.16 bits per heavy atom. The van der Waals surface area contributed by atoms with Gasteiger partial charge in [-0.2, -0.15) is 4.31 Å². The first-order valence-corrected chi connectivity index (χ1v) is 9.32. The van der Waals surface area contributed by atoms with Crippen LogP contribution in [0.2, 0.25) is 0 Å². The number of rotatable bonds is 7. The fourth-order valence-electron chi connectivity index (χ4n) is 2.20. The summed E-state index contributed by atoms with van der Waals surface area (Å²) in [6.07, 6.45) is 5.31. The van der Waals surface area contributed by atoms with E-state index in [-0.39, 0.29) is 11.8 Å². The second-order valence-electron chi connectivity index (χ2n) is 4.77. The Morgan fingerprint density at radius 3 is 2.68 bits per heavy atom. The van der Waals surface area contributed by atoms with Crippen LogP contribution in [0.5, 0.6) is 0 Å². The summed E-state index contributed by atoms with van der Waals surface area (Å²) in [5, 5.41) is 0.687. The lowest BCUT2D eigenvalue weighted by atomic mass is 9.93. The molecule has 0 saturated heterocycles. The highest BCUT2D eigenvalue weighted by Gasteiger charge is 2.32. The van der Waals surface area contributed by atoms with Gasteiger partial charge < -0.3 is 0 Å². The number of sulfonamides is 1. The lowest BCUT2D eigenvalue weighted by Crippen LogP contribution is -2.46. The van der Waals surface area contributed by atoms with Gasteiger partial charge in [-0.15, -0.1) is 0 Å². The smallest absolute Gasteiger partial charge is 0.214 e. The molecular weight excluding hydrogens is 328 g/mol. The van der Waals surface area contributed by atoms with Crippen LogP contribution in [0, 0.1) is 0 Å². The Kier molecular flexibility index (Phi) is 5.36. The molecule has 4 nitrogen and oxygen atoms in total. The average molecular weight is 347 g/mol. The zero-order chi connectivity index (χ0) is 13.7. The third-order valence-electron chi connectivity index (χ3n) is 3.49. The van der Waals surface area contributed by atoms with Crippen molar-refractivity contribution in [1.82, 2.24) is 9.29 Å². The van der Waals surface area contributed by atoms with Crippen molar-refractivity contribution in [3.8, 4) is 0 Å². The molecule has 0 aliphatic heterocycles. The van der Waals surface area contributed by atoms with E-state index in [1.165, 1.54) is 0 Å². The van der Waals surface area contributed by atoms with Crippen LogP contribution in [-0.4, -0.2) is 41.4 Å². The first-order valence-electron chi connectivity index (χ1n) is 6.59. The van der Waals surface area contributed by atoms with E-state index in [2.05, 4.69) is 20.9 Å². The standard InChI is InChI=1S/C13H19BrN2O2S/c14-8-10-16(13-5-3-6-13)19(17,18)11-7-12-4-1-2-9-15-12/h1-2,4,9,13H,3,5-8,10-11H2. The molecule has 6 heteroatoms. The van der Waals surface area contributed by atoms with Crippen LogP contribution in [0.1, 0.15) is 25.0 Å². The fraction of sp³-hybridized carbons (Fsp3) is 0.615. The predicted octanol–water partition coefficient (Wildman–Crippen LogP) is 2.20. The van der Waals surface area contributed by atoms with Crippen LogP contribution in [0.15, 0.2) is 24.4 Å². The van der Waals surface area contributed by atoms with Crippen molar-refractivity contribution in [2.45, 2.75) is 31.7 Å². The lowest BCUT2D eigenvalue weighted by Gasteiger charge is -2.36. The normalized spacial score (nSPS) is 16.5. The van der Waals surface area contributed by atoms with Crippen LogP contribution < -0.4 is 0 Å². The van der Waals surface area contributed by atoms with Gasteiger partial charge in [0, 0.05) is 36.2 Å². The average Bonchev–Trinajstić information content (AvgIpc) is 2.35. The molecule has 0 aromatic carbocycles. The van der Waals surface area contributed by atoms with E-state index < -0.39 is 10.0 Å². The zero-order valence-corrected chi connectivity index (χ0v) is 13.2. The van der Waals surface area contributed by atoms with Crippen molar-refractivity contribution in [2.24, 2.45) is 0 Å². The van der Waals surface area contributed by atoms with Crippen LogP contribution in [0.4, 0.5) is 0 Å². The van der Waals surface area contributed by atoms with E-state index in [9.17, 15) is 8.42 Å². The van der Waals surface area contributed by atoms with Gasteiger partial charge in [-0.05, 0) is 25.0 Å². The number of hydrogen-bond acceptors (Lipinski definition) is 3. The molecule has 1 aromatic heterocycles. The van der Waals surface area contributed by atoms with E-state index in [4.69, 9.17) is 0 Å². The van der Waals surface area contributed by atoms with Crippen molar-refractivity contribution in [3.05, 3.63) is 30.1 Å². The Hall–Kier alpha value is -0.460. The molecule has 1 fully saturated rings. The molecule has 0 atom stereocenters. The van der Waals surface area contributed by atoms with Gasteiger partial charge in [-0.25, -0.2) is 8.42 Å². The van der Waals surface area contributed by atoms with Crippen LogP contribution in [0.3, 0.4) is 0 Å². The molecule has 0 radical (unpaired) electrons. The summed E-state index contributed by atoms with van der Waals surface area (Å²) < 4.78 is 26.5. The number of halogens is 1. The third-order valence-corrected chi connectivity index (χ3v) is 5.76. The molecule has 1 aliphatic rings. The summed E-state index contributed by atoms with van der Waals surface area (Å²) in [4.78, 5) is 4.17. The van der Waals surface area contributed by atoms with Gasteiger partial charge in [0.1, 0.15) is 0 Å². The summed E-state index contributed by atoms with van der Waals surface area (Å²) in [5.74, 6) is 0.146. The van der Waals surface area contributed by atoms with E-state index in [1.54, 1.807) is 10.5 Å². The van der Waals surface area contributed by atoms with Gasteiger partial charge >= 0.3 is 0 Å². The number of pyridine rings is 1. The van der Waals surface area contributed by atoms with Gasteiger partial charge in [-0.1, -0.05) is 28.4 Å². The summed E-state index contributed by atoms with van der Waals surface area (Å²) in [6, 6.07) is 5.81. The SMILES string of the molecule is O=S(=O)(CCc1ccccn1)N(CCBr)C1CCC1. The Morgan fingerprint density at radius 1 is 1.37 bits per heavy atom. The number of aryl methyl sites for hydroxylation is 1. The van der Waals surface area contributed by atoms with Gasteiger partial charge in [0.05, 0.1) is 5.75 Å². The van der Waals surface area contributed by atoms with Crippen LogP contribution in [-0.2, 0) is 16.4 Å². The van der Waals surface area contributed by atoms with Gasteiger partial charge in [0.15, 0.2) is 0 Å². The minimum absolute atomic E-state index is 0.146. The van der Waals surface area contributed by atoms with Crippen molar-refractivity contribution in [2.75, 3.05) is 17.6 Å². The first-order chi connectivity index (χ1) is 9.13. The molecule has 1 aliphatic carbocycles. The van der Waals surface area contributed by atoms with Crippen molar-refractivity contribution >= 4 is 26.0 Å². The largest absolute Gasteiger partial charge is 0.261 e. The molecule has 1 heterocycles. The monoisotopic (exact) mass is 346 g/mol. The van der Waals surface area contributed by atoms with Gasteiger partial charge in [-0.3, -0.25) is 4.98 Å². The fourth-order valence-corrected chi connectivity index (χ4v) is 4.56. The molecule has 106 valence electrons. The predicted molar refractivity (Wildman–Crippen MR) is 79.9 cm³/mol. The minimum Gasteiger partial charge on any atom is -0.261 e. The Balaban J connectivity index is 1.99. The molecule has 2 rings (SSSR count). The summed E-state index contributed by atoms with van der Waals surface area (Å²) >= 11 is 3.34. The zero-order valence-electron chi connectivity index (χ0n) is 10.8. The highest BCUT2D eigenvalue weighted by atomic mass is 79.9. The molecular formula is C13H19BrN2O2S. The van der Waals surface area contributed by atoms with Crippen LogP contribution >= 0.6 is 15.9 Å².